The van der Waals surface area contributed by atoms with E-state index in [1.807, 2.05) is 0 Å². The number of nitrogens with one attached hydrogen (secondary N) is 1. The zero-order valence-electron chi connectivity index (χ0n) is 12.9. The summed E-state index contributed by atoms with van der Waals surface area (Å²) in [5.41, 5.74) is 6.82. The number of anilines is 1. The van der Waals surface area contributed by atoms with Crippen LogP contribution in [0.15, 0.2) is 18.2 Å². The highest BCUT2D eigenvalue weighted by Crippen LogP contribution is 2.21. The maximum atomic E-state index is 12.3. The van der Waals surface area contributed by atoms with Crippen molar-refractivity contribution in [1.82, 2.24) is 10.2 Å². The van der Waals surface area contributed by atoms with Crippen LogP contribution in [-0.2, 0) is 0 Å². The number of methoxy groups -OCH3 is 1. The van der Waals surface area contributed by atoms with Crippen molar-refractivity contribution in [3.8, 4) is 5.75 Å². The lowest BCUT2D eigenvalue weighted by Gasteiger charge is -2.32. The van der Waals surface area contributed by atoms with Gasteiger partial charge in [0.1, 0.15) is 5.75 Å². The number of nitrogens with two attached hydrogens (primary N) is 1. The van der Waals surface area contributed by atoms with E-state index < -0.39 is 0 Å². The van der Waals surface area contributed by atoms with Crippen molar-refractivity contribution in [2.24, 2.45) is 0 Å². The second-order valence-corrected chi connectivity index (χ2v) is 5.62. The largest absolute Gasteiger partial charge is 0.496 e. The van der Waals surface area contributed by atoms with Crippen LogP contribution in [0.5, 0.6) is 5.75 Å². The van der Waals surface area contributed by atoms with E-state index in [0.29, 0.717) is 29.6 Å². The molecule has 116 valence electrons. The lowest BCUT2D eigenvalue weighted by molar-refractivity contribution is 0.0927. The van der Waals surface area contributed by atoms with Gasteiger partial charge in [0.05, 0.1) is 12.7 Å². The van der Waals surface area contributed by atoms with E-state index >= 15 is 0 Å². The van der Waals surface area contributed by atoms with Gasteiger partial charge in [-0.25, -0.2) is 0 Å². The minimum Gasteiger partial charge on any atom is -0.496 e. The smallest absolute Gasteiger partial charge is 0.255 e. The molecule has 1 aliphatic heterocycles. The van der Waals surface area contributed by atoms with Gasteiger partial charge in [0.15, 0.2) is 0 Å². The highest BCUT2D eigenvalue weighted by Gasteiger charge is 2.18. The summed E-state index contributed by atoms with van der Waals surface area (Å²) in [5, 5.41) is 2.99. The molecule has 1 atom stereocenters. The first-order chi connectivity index (χ1) is 10.1. The number of benzene rings is 1. The van der Waals surface area contributed by atoms with E-state index in [0.717, 1.165) is 13.1 Å². The summed E-state index contributed by atoms with van der Waals surface area (Å²) in [5.74, 6) is 0.397. The Morgan fingerprint density at radius 1 is 1.38 bits per heavy atom. The van der Waals surface area contributed by atoms with Crippen LogP contribution >= 0.6 is 0 Å². The van der Waals surface area contributed by atoms with E-state index in [-0.39, 0.29) is 5.91 Å². The molecule has 2 rings (SSSR count). The van der Waals surface area contributed by atoms with E-state index in [4.69, 9.17) is 10.5 Å². The number of ether oxygens (including phenoxy) is 1. The third-order valence-corrected chi connectivity index (χ3v) is 4.04. The maximum Gasteiger partial charge on any atom is 0.255 e. The minimum absolute atomic E-state index is 0.115. The average molecular weight is 291 g/mol. The molecule has 1 fully saturated rings. The number of carbonyl (C=O) groups excluding carboxylic acids is 1. The first kappa shape index (κ1) is 15.6. The highest BCUT2D eigenvalue weighted by molar-refractivity contribution is 5.97. The van der Waals surface area contributed by atoms with E-state index in [9.17, 15) is 4.79 Å². The van der Waals surface area contributed by atoms with Gasteiger partial charge in [-0.3, -0.25) is 9.69 Å². The second kappa shape index (κ2) is 7.31. The fraction of sp³-hybridized carbons (Fsp3) is 0.562. The molecule has 1 saturated heterocycles. The maximum absolute atomic E-state index is 12.3. The fourth-order valence-electron chi connectivity index (χ4n) is 2.72. The van der Waals surface area contributed by atoms with Gasteiger partial charge in [0, 0.05) is 24.3 Å². The lowest BCUT2D eigenvalue weighted by atomic mass is 10.1. The van der Waals surface area contributed by atoms with Crippen LogP contribution in [-0.4, -0.2) is 43.6 Å². The number of hydrogen-bond donors (Lipinski definition) is 2. The predicted molar refractivity (Wildman–Crippen MR) is 84.6 cm³/mol. The van der Waals surface area contributed by atoms with Gasteiger partial charge >= 0.3 is 0 Å². The van der Waals surface area contributed by atoms with Crippen molar-refractivity contribution in [2.75, 3.05) is 32.5 Å². The van der Waals surface area contributed by atoms with Gasteiger partial charge in [-0.05, 0) is 45.0 Å². The molecule has 1 amide bonds. The number of likely N-dealkylation sites (tertiary alicyclic amines) is 1. The Morgan fingerprint density at radius 2 is 2.10 bits per heavy atom. The zero-order chi connectivity index (χ0) is 15.2. The molecule has 1 aliphatic rings. The van der Waals surface area contributed by atoms with Crippen LogP contribution < -0.4 is 15.8 Å². The molecule has 5 nitrogen and oxygen atoms in total. The standard InChI is InChI=1S/C16H25N3O2/c1-12(19-8-4-3-5-9-19)11-18-16(20)14-7-6-13(17)10-15(14)21-2/h6-7,10,12H,3-5,8-9,11,17H2,1-2H3,(H,18,20). The minimum atomic E-state index is -0.115. The number of piperidine rings is 1. The average Bonchev–Trinajstić information content (AvgIpc) is 2.52. The molecule has 0 aromatic heterocycles. The number of rotatable bonds is 5. The second-order valence-electron chi connectivity index (χ2n) is 5.62. The van der Waals surface area contributed by atoms with E-state index in [2.05, 4.69) is 17.1 Å². The SMILES string of the molecule is COc1cc(N)ccc1C(=O)NCC(C)N1CCCCC1. The molecule has 1 aromatic rings. The summed E-state index contributed by atoms with van der Waals surface area (Å²) in [6.45, 7) is 5.06. The monoisotopic (exact) mass is 291 g/mol. The summed E-state index contributed by atoms with van der Waals surface area (Å²) in [7, 11) is 1.54. The molecule has 21 heavy (non-hydrogen) atoms. The van der Waals surface area contributed by atoms with E-state index in [1.54, 1.807) is 25.3 Å². The Bertz CT molecular complexity index is 484. The molecular weight excluding hydrogens is 266 g/mol. The predicted octanol–water partition coefficient (Wildman–Crippen LogP) is 1.88. The number of hydrogen-bond acceptors (Lipinski definition) is 4. The van der Waals surface area contributed by atoms with Crippen molar-refractivity contribution < 1.29 is 9.53 Å². The van der Waals surface area contributed by atoms with Gasteiger partial charge in [-0.2, -0.15) is 0 Å². The van der Waals surface area contributed by atoms with E-state index in [1.165, 1.54) is 19.3 Å². The first-order valence-corrected chi connectivity index (χ1v) is 7.57. The molecular formula is C16H25N3O2. The van der Waals surface area contributed by atoms with Crippen LogP contribution in [0.2, 0.25) is 0 Å². The normalized spacial score (nSPS) is 17.2. The quantitative estimate of drug-likeness (QED) is 0.813. The van der Waals surface area contributed by atoms with Crippen LogP contribution in [0, 0.1) is 0 Å². The number of nitrogen functional groups attached to an aromatic ring is 1. The molecule has 0 bridgehead atoms. The molecule has 0 radical (unpaired) electrons. The van der Waals surface area contributed by atoms with Crippen molar-refractivity contribution >= 4 is 11.6 Å². The van der Waals surface area contributed by atoms with Crippen LogP contribution in [0.4, 0.5) is 5.69 Å². The fourth-order valence-corrected chi connectivity index (χ4v) is 2.72. The molecule has 5 heteroatoms. The van der Waals surface area contributed by atoms with Gasteiger partial charge < -0.3 is 15.8 Å². The summed E-state index contributed by atoms with van der Waals surface area (Å²) >= 11 is 0. The Hall–Kier alpha value is -1.75. The third kappa shape index (κ3) is 4.11. The molecule has 0 spiro atoms. The van der Waals surface area contributed by atoms with Crippen LogP contribution in [0.3, 0.4) is 0 Å². The van der Waals surface area contributed by atoms with Crippen LogP contribution in [0.25, 0.3) is 0 Å². The number of amides is 1. The topological polar surface area (TPSA) is 67.6 Å². The molecule has 1 heterocycles. The Kier molecular flexibility index (Phi) is 5.44. The van der Waals surface area contributed by atoms with Gasteiger partial charge in [0.2, 0.25) is 0 Å². The Labute approximate surface area is 126 Å². The molecule has 1 aromatic carbocycles. The van der Waals surface area contributed by atoms with Gasteiger partial charge in [-0.1, -0.05) is 6.42 Å². The third-order valence-electron chi connectivity index (χ3n) is 4.04. The summed E-state index contributed by atoms with van der Waals surface area (Å²) < 4.78 is 5.22. The lowest BCUT2D eigenvalue weighted by Crippen LogP contribution is -2.44. The van der Waals surface area contributed by atoms with Gasteiger partial charge in [-0.15, -0.1) is 0 Å². The van der Waals surface area contributed by atoms with Crippen molar-refractivity contribution in [2.45, 2.75) is 32.2 Å². The van der Waals surface area contributed by atoms with Gasteiger partial charge in [0.25, 0.3) is 5.91 Å². The molecule has 3 N–H and O–H groups in total. The molecule has 0 saturated carbocycles. The zero-order valence-corrected chi connectivity index (χ0v) is 12.9. The Balaban J connectivity index is 1.92. The highest BCUT2D eigenvalue weighted by atomic mass is 16.5. The van der Waals surface area contributed by atoms with Crippen molar-refractivity contribution in [3.63, 3.8) is 0 Å². The molecule has 0 aliphatic carbocycles. The Morgan fingerprint density at radius 3 is 2.76 bits per heavy atom. The van der Waals surface area contributed by atoms with Crippen molar-refractivity contribution in [3.05, 3.63) is 23.8 Å². The summed E-state index contributed by atoms with van der Waals surface area (Å²) in [4.78, 5) is 14.7. The summed E-state index contributed by atoms with van der Waals surface area (Å²) in [6, 6.07) is 5.44. The summed E-state index contributed by atoms with van der Waals surface area (Å²) in [6.07, 6.45) is 3.83. The molecule has 1 unspecified atom stereocenters. The van der Waals surface area contributed by atoms with Crippen molar-refractivity contribution in [1.29, 1.82) is 0 Å². The first-order valence-electron chi connectivity index (χ1n) is 7.57. The van der Waals surface area contributed by atoms with Crippen LogP contribution in [0.1, 0.15) is 36.5 Å². The number of nitrogens with zero attached hydrogens (tertiary/aromatic N) is 1. The number of carbonyl (C=O) groups is 1.